The summed E-state index contributed by atoms with van der Waals surface area (Å²) in [4.78, 5) is 20.5. The number of nitrogen functional groups attached to an aromatic ring is 1. The predicted octanol–water partition coefficient (Wildman–Crippen LogP) is 2.53. The van der Waals surface area contributed by atoms with Gasteiger partial charge in [-0.1, -0.05) is 19.1 Å². The van der Waals surface area contributed by atoms with Gasteiger partial charge in [0.1, 0.15) is 4.47 Å². The summed E-state index contributed by atoms with van der Waals surface area (Å²) in [5.41, 5.74) is 7.45. The zero-order valence-electron chi connectivity index (χ0n) is 11.3. The maximum absolute atomic E-state index is 11.7. The average molecular weight is 337 g/mol. The number of benzene rings is 1. The first-order chi connectivity index (χ1) is 9.61. The zero-order valence-corrected chi connectivity index (χ0v) is 12.9. The van der Waals surface area contributed by atoms with E-state index in [1.165, 1.54) is 6.33 Å². The molecular formula is C14H17BrN4O. The van der Waals surface area contributed by atoms with E-state index in [1.807, 2.05) is 24.3 Å². The summed E-state index contributed by atoms with van der Waals surface area (Å²) in [7, 11) is 0. The van der Waals surface area contributed by atoms with Gasteiger partial charge in [-0.15, -0.1) is 0 Å². The molecule has 1 aromatic carbocycles. The van der Waals surface area contributed by atoms with E-state index >= 15 is 0 Å². The Hall–Kier alpha value is -1.82. The number of nitrogens with one attached hydrogen (secondary N) is 1. The maximum atomic E-state index is 11.7. The average Bonchev–Trinajstić information content (AvgIpc) is 2.42. The fraction of sp³-hybridized carbons (Fsp3) is 0.286. The fourth-order valence-corrected chi connectivity index (χ4v) is 2.50. The number of nitrogens with zero attached hydrogens (tertiary/aromatic N) is 2. The lowest BCUT2D eigenvalue weighted by atomic mass is 10.2. The van der Waals surface area contributed by atoms with Crippen LogP contribution in [0.15, 0.2) is 39.9 Å². The Morgan fingerprint density at radius 2 is 2.25 bits per heavy atom. The van der Waals surface area contributed by atoms with Crippen molar-refractivity contribution in [1.82, 2.24) is 9.97 Å². The molecule has 0 aliphatic rings. The lowest BCUT2D eigenvalue weighted by Gasteiger charge is -2.24. The summed E-state index contributed by atoms with van der Waals surface area (Å²) in [5.74, 6) is 0.651. The van der Waals surface area contributed by atoms with Crippen molar-refractivity contribution in [2.45, 2.75) is 19.9 Å². The molecule has 2 aromatic rings. The highest BCUT2D eigenvalue weighted by Crippen LogP contribution is 2.22. The van der Waals surface area contributed by atoms with E-state index in [-0.39, 0.29) is 5.56 Å². The molecule has 0 aliphatic carbocycles. The molecule has 0 fully saturated rings. The topological polar surface area (TPSA) is 75.0 Å². The Morgan fingerprint density at radius 3 is 2.95 bits per heavy atom. The standard InChI is InChI=1S/C14H17BrN4O/c1-2-6-19(8-10-4-3-5-11(16)7-10)13-12(15)14(20)18-9-17-13/h3-5,7,9H,2,6,8,16H2,1H3,(H,17,18,20). The van der Waals surface area contributed by atoms with Crippen LogP contribution < -0.4 is 16.2 Å². The molecule has 3 N–H and O–H groups in total. The number of aromatic amines is 1. The first-order valence-corrected chi connectivity index (χ1v) is 7.23. The summed E-state index contributed by atoms with van der Waals surface area (Å²) in [6, 6.07) is 7.73. The van der Waals surface area contributed by atoms with Crippen LogP contribution in [0.25, 0.3) is 0 Å². The highest BCUT2D eigenvalue weighted by atomic mass is 79.9. The van der Waals surface area contributed by atoms with Crippen molar-refractivity contribution < 1.29 is 0 Å². The third kappa shape index (κ3) is 3.39. The van der Waals surface area contributed by atoms with E-state index in [2.05, 4.69) is 37.7 Å². The summed E-state index contributed by atoms with van der Waals surface area (Å²) in [6.07, 6.45) is 2.38. The molecule has 0 bridgehead atoms. The van der Waals surface area contributed by atoms with Crippen LogP contribution in [0.3, 0.4) is 0 Å². The molecule has 5 nitrogen and oxygen atoms in total. The number of hydrogen-bond donors (Lipinski definition) is 2. The van der Waals surface area contributed by atoms with Gasteiger partial charge in [0.25, 0.3) is 5.56 Å². The number of anilines is 2. The van der Waals surface area contributed by atoms with E-state index in [4.69, 9.17) is 5.73 Å². The van der Waals surface area contributed by atoms with Crippen molar-refractivity contribution in [3.05, 3.63) is 51.0 Å². The van der Waals surface area contributed by atoms with Gasteiger partial charge in [0.15, 0.2) is 5.82 Å². The van der Waals surface area contributed by atoms with Crippen molar-refractivity contribution in [2.75, 3.05) is 17.2 Å². The Bertz CT molecular complexity index is 641. The van der Waals surface area contributed by atoms with Crippen LogP contribution in [0.5, 0.6) is 0 Å². The second-order valence-corrected chi connectivity index (χ2v) is 5.33. The number of nitrogens with two attached hydrogens (primary N) is 1. The predicted molar refractivity (Wildman–Crippen MR) is 84.8 cm³/mol. The van der Waals surface area contributed by atoms with Gasteiger partial charge in [-0.2, -0.15) is 0 Å². The summed E-state index contributed by atoms with van der Waals surface area (Å²) >= 11 is 3.31. The first kappa shape index (κ1) is 14.6. The van der Waals surface area contributed by atoms with Crippen LogP contribution in [0.1, 0.15) is 18.9 Å². The van der Waals surface area contributed by atoms with Gasteiger partial charge < -0.3 is 15.6 Å². The van der Waals surface area contributed by atoms with Crippen molar-refractivity contribution in [1.29, 1.82) is 0 Å². The van der Waals surface area contributed by atoms with Gasteiger partial charge in [-0.3, -0.25) is 4.79 Å². The SMILES string of the molecule is CCCN(Cc1cccc(N)c1)c1nc[nH]c(=O)c1Br. The molecule has 0 atom stereocenters. The molecule has 6 heteroatoms. The monoisotopic (exact) mass is 336 g/mol. The maximum Gasteiger partial charge on any atom is 0.267 e. The third-order valence-electron chi connectivity index (χ3n) is 2.90. The van der Waals surface area contributed by atoms with E-state index in [1.54, 1.807) is 0 Å². The molecular weight excluding hydrogens is 320 g/mol. The molecule has 106 valence electrons. The van der Waals surface area contributed by atoms with Gasteiger partial charge in [0, 0.05) is 18.8 Å². The van der Waals surface area contributed by atoms with Crippen LogP contribution in [0, 0.1) is 0 Å². The minimum absolute atomic E-state index is 0.177. The van der Waals surface area contributed by atoms with Crippen LogP contribution >= 0.6 is 15.9 Å². The van der Waals surface area contributed by atoms with E-state index in [0.717, 1.165) is 24.2 Å². The largest absolute Gasteiger partial charge is 0.399 e. The molecule has 0 saturated heterocycles. The van der Waals surface area contributed by atoms with Crippen LogP contribution in [0.4, 0.5) is 11.5 Å². The molecule has 0 saturated carbocycles. The van der Waals surface area contributed by atoms with E-state index in [9.17, 15) is 4.79 Å². The molecule has 2 rings (SSSR count). The molecule has 0 aliphatic heterocycles. The van der Waals surface area contributed by atoms with Crippen LogP contribution in [0.2, 0.25) is 0 Å². The lowest BCUT2D eigenvalue weighted by molar-refractivity contribution is 0.748. The molecule has 20 heavy (non-hydrogen) atoms. The van der Waals surface area contributed by atoms with Crippen molar-refractivity contribution in [3.63, 3.8) is 0 Å². The second kappa shape index (κ2) is 6.56. The van der Waals surface area contributed by atoms with Crippen molar-refractivity contribution >= 4 is 27.4 Å². The summed E-state index contributed by atoms with van der Waals surface area (Å²) in [5, 5.41) is 0. The van der Waals surface area contributed by atoms with E-state index in [0.29, 0.717) is 16.8 Å². The molecule has 0 spiro atoms. The van der Waals surface area contributed by atoms with Gasteiger partial charge in [0.2, 0.25) is 0 Å². The molecule has 1 heterocycles. The van der Waals surface area contributed by atoms with Gasteiger partial charge in [-0.25, -0.2) is 4.98 Å². The lowest BCUT2D eigenvalue weighted by Crippen LogP contribution is -2.27. The molecule has 0 radical (unpaired) electrons. The number of halogens is 1. The molecule has 0 amide bonds. The zero-order chi connectivity index (χ0) is 14.5. The Morgan fingerprint density at radius 1 is 1.45 bits per heavy atom. The second-order valence-electron chi connectivity index (χ2n) is 4.54. The van der Waals surface area contributed by atoms with Crippen LogP contribution in [-0.2, 0) is 6.54 Å². The Kier molecular flexibility index (Phi) is 4.79. The smallest absolute Gasteiger partial charge is 0.267 e. The summed E-state index contributed by atoms with van der Waals surface area (Å²) < 4.78 is 0.456. The number of H-pyrrole nitrogens is 1. The number of aromatic nitrogens is 2. The highest BCUT2D eigenvalue weighted by Gasteiger charge is 2.14. The van der Waals surface area contributed by atoms with E-state index < -0.39 is 0 Å². The fourth-order valence-electron chi connectivity index (χ4n) is 2.04. The Labute approximate surface area is 126 Å². The first-order valence-electron chi connectivity index (χ1n) is 6.44. The molecule has 1 aromatic heterocycles. The highest BCUT2D eigenvalue weighted by molar-refractivity contribution is 9.10. The van der Waals surface area contributed by atoms with Crippen molar-refractivity contribution in [3.8, 4) is 0 Å². The third-order valence-corrected chi connectivity index (χ3v) is 3.61. The molecule has 0 unspecified atom stereocenters. The number of hydrogen-bond acceptors (Lipinski definition) is 4. The normalized spacial score (nSPS) is 10.5. The van der Waals surface area contributed by atoms with Crippen molar-refractivity contribution in [2.24, 2.45) is 0 Å². The van der Waals surface area contributed by atoms with Gasteiger partial charge in [0.05, 0.1) is 6.33 Å². The van der Waals surface area contributed by atoms with Gasteiger partial charge in [-0.05, 0) is 40.0 Å². The summed E-state index contributed by atoms with van der Waals surface area (Å²) in [6.45, 7) is 3.56. The van der Waals surface area contributed by atoms with Crippen LogP contribution in [-0.4, -0.2) is 16.5 Å². The minimum Gasteiger partial charge on any atom is -0.399 e. The van der Waals surface area contributed by atoms with Gasteiger partial charge >= 0.3 is 0 Å². The Balaban J connectivity index is 2.31. The number of rotatable bonds is 5. The minimum atomic E-state index is -0.177. The quantitative estimate of drug-likeness (QED) is 0.822.